The summed E-state index contributed by atoms with van der Waals surface area (Å²) in [4.78, 5) is 16.2. The molecule has 0 saturated carbocycles. The van der Waals surface area contributed by atoms with Crippen LogP contribution in [0.25, 0.3) is 11.3 Å². The molecule has 26 heavy (non-hydrogen) atoms. The molecule has 0 fully saturated rings. The number of aromatic nitrogens is 1. The van der Waals surface area contributed by atoms with Crippen LogP contribution < -0.4 is 4.74 Å². The normalized spacial score (nSPS) is 11.8. The van der Waals surface area contributed by atoms with E-state index in [2.05, 4.69) is 4.98 Å². The number of halogens is 1. The number of ether oxygens (including phenoxy) is 1. The fourth-order valence-corrected chi connectivity index (χ4v) is 2.32. The number of hydrogen-bond donors (Lipinski definition) is 2. The molecule has 3 rings (SSSR count). The number of hydrogen-bond acceptors (Lipinski definition) is 5. The number of Topliss-reactive ketones (excluding diaryl/α,β-unsaturated/α-hetero) is 1. The summed E-state index contributed by atoms with van der Waals surface area (Å²) in [5, 5.41) is 18.3. The number of ketones is 1. The Labute approximate surface area is 149 Å². The number of carbonyl (C=O) groups excluding carboxylic acids is 1. The van der Waals surface area contributed by atoms with Gasteiger partial charge in [0.15, 0.2) is 0 Å². The van der Waals surface area contributed by atoms with Gasteiger partial charge >= 0.3 is 0 Å². The van der Waals surface area contributed by atoms with Crippen LogP contribution in [0.3, 0.4) is 0 Å². The zero-order chi connectivity index (χ0) is 18.5. The van der Waals surface area contributed by atoms with Gasteiger partial charge in [-0.15, -0.1) is 0 Å². The number of carbonyl (C=O) groups is 1. The highest BCUT2D eigenvalue weighted by Gasteiger charge is 2.17. The molecule has 5 nitrogen and oxygen atoms in total. The number of rotatable bonds is 6. The number of pyridine rings is 1. The van der Waals surface area contributed by atoms with Crippen LogP contribution in [-0.4, -0.2) is 33.7 Å². The zero-order valence-electron chi connectivity index (χ0n) is 13.7. The zero-order valence-corrected chi connectivity index (χ0v) is 13.7. The molecule has 3 aromatic rings. The van der Waals surface area contributed by atoms with Crippen LogP contribution in [-0.2, 0) is 0 Å². The molecule has 6 heteroatoms. The Morgan fingerprint density at radius 3 is 2.23 bits per heavy atom. The molecule has 0 aliphatic heterocycles. The second-order valence-corrected chi connectivity index (χ2v) is 5.55. The standard InChI is InChI=1S/C20H16FNO4/c21-14-6-10-16(11-7-14)26-15-8-4-13(5-9-15)17-2-1-3-18(22-17)20(25)19(24)12-23/h1-11,19,23-24H,12H2. The van der Waals surface area contributed by atoms with Crippen LogP contribution in [0, 0.1) is 5.82 Å². The largest absolute Gasteiger partial charge is 0.457 e. The Hall–Kier alpha value is -3.09. The van der Waals surface area contributed by atoms with Crippen molar-refractivity contribution in [2.45, 2.75) is 6.10 Å². The summed E-state index contributed by atoms with van der Waals surface area (Å²) in [5.41, 5.74) is 1.38. The summed E-state index contributed by atoms with van der Waals surface area (Å²) in [6.07, 6.45) is -1.48. The van der Waals surface area contributed by atoms with E-state index in [-0.39, 0.29) is 11.5 Å². The monoisotopic (exact) mass is 353 g/mol. The molecule has 2 aromatic carbocycles. The average Bonchev–Trinajstić information content (AvgIpc) is 2.69. The van der Waals surface area contributed by atoms with Gasteiger partial charge in [0.05, 0.1) is 12.3 Å². The van der Waals surface area contributed by atoms with Crippen LogP contribution in [0.1, 0.15) is 10.5 Å². The van der Waals surface area contributed by atoms with Gasteiger partial charge in [0, 0.05) is 5.56 Å². The molecule has 1 aromatic heterocycles. The molecule has 0 aliphatic carbocycles. The Morgan fingerprint density at radius 2 is 1.62 bits per heavy atom. The van der Waals surface area contributed by atoms with Gasteiger partial charge in [0.25, 0.3) is 0 Å². The predicted molar refractivity (Wildman–Crippen MR) is 93.6 cm³/mol. The third-order valence-corrected chi connectivity index (χ3v) is 3.68. The van der Waals surface area contributed by atoms with Crippen LogP contribution in [0.15, 0.2) is 66.7 Å². The van der Waals surface area contributed by atoms with Crippen LogP contribution in [0.5, 0.6) is 11.5 Å². The van der Waals surface area contributed by atoms with E-state index >= 15 is 0 Å². The lowest BCUT2D eigenvalue weighted by atomic mass is 10.1. The molecule has 2 N–H and O–H groups in total. The van der Waals surface area contributed by atoms with Crippen molar-refractivity contribution < 1.29 is 24.1 Å². The summed E-state index contributed by atoms with van der Waals surface area (Å²) >= 11 is 0. The van der Waals surface area contributed by atoms with E-state index in [1.807, 2.05) is 0 Å². The van der Waals surface area contributed by atoms with Gasteiger partial charge < -0.3 is 14.9 Å². The molecule has 0 bridgehead atoms. The van der Waals surface area contributed by atoms with Crippen molar-refractivity contribution in [3.05, 3.63) is 78.2 Å². The Bertz CT molecular complexity index is 894. The number of benzene rings is 2. The van der Waals surface area contributed by atoms with Crippen molar-refractivity contribution in [3.8, 4) is 22.8 Å². The topological polar surface area (TPSA) is 79.7 Å². The van der Waals surface area contributed by atoms with Gasteiger partial charge in [-0.05, 0) is 60.7 Å². The molecule has 0 saturated heterocycles. The lowest BCUT2D eigenvalue weighted by Crippen LogP contribution is -2.25. The maximum absolute atomic E-state index is 12.9. The molecular formula is C20H16FNO4. The molecule has 1 atom stereocenters. The molecule has 1 unspecified atom stereocenters. The average molecular weight is 353 g/mol. The maximum atomic E-state index is 12.9. The molecule has 1 heterocycles. The quantitative estimate of drug-likeness (QED) is 0.665. The first-order chi connectivity index (χ1) is 12.6. The Balaban J connectivity index is 1.78. The van der Waals surface area contributed by atoms with Gasteiger partial charge in [0.1, 0.15) is 29.1 Å². The maximum Gasteiger partial charge on any atom is 0.211 e. The first-order valence-electron chi connectivity index (χ1n) is 7.91. The second-order valence-electron chi connectivity index (χ2n) is 5.55. The fourth-order valence-electron chi connectivity index (χ4n) is 2.32. The summed E-state index contributed by atoms with van der Waals surface area (Å²) in [6.45, 7) is -0.653. The Kier molecular flexibility index (Phi) is 5.36. The van der Waals surface area contributed by atoms with E-state index in [0.29, 0.717) is 17.2 Å². The minimum atomic E-state index is -1.48. The van der Waals surface area contributed by atoms with Crippen molar-refractivity contribution in [2.75, 3.05) is 6.61 Å². The smallest absolute Gasteiger partial charge is 0.211 e. The molecule has 0 radical (unpaired) electrons. The number of aliphatic hydroxyl groups excluding tert-OH is 2. The highest BCUT2D eigenvalue weighted by molar-refractivity contribution is 5.98. The SMILES string of the molecule is O=C(c1cccc(-c2ccc(Oc3ccc(F)cc3)cc2)n1)C(O)CO. The minimum Gasteiger partial charge on any atom is -0.457 e. The summed E-state index contributed by atoms with van der Waals surface area (Å²) in [5.74, 6) is 0.122. The van der Waals surface area contributed by atoms with E-state index in [4.69, 9.17) is 9.84 Å². The van der Waals surface area contributed by atoms with E-state index in [0.717, 1.165) is 5.56 Å². The van der Waals surface area contributed by atoms with Gasteiger partial charge in [-0.25, -0.2) is 9.37 Å². The van der Waals surface area contributed by atoms with Crippen LogP contribution >= 0.6 is 0 Å². The van der Waals surface area contributed by atoms with Gasteiger partial charge in [-0.3, -0.25) is 4.79 Å². The number of aliphatic hydroxyl groups is 2. The van der Waals surface area contributed by atoms with E-state index in [9.17, 15) is 14.3 Å². The van der Waals surface area contributed by atoms with Crippen molar-refractivity contribution in [1.82, 2.24) is 4.98 Å². The second kappa shape index (κ2) is 7.86. The summed E-state index contributed by atoms with van der Waals surface area (Å²) < 4.78 is 18.5. The summed E-state index contributed by atoms with van der Waals surface area (Å²) in [7, 11) is 0. The van der Waals surface area contributed by atoms with Crippen molar-refractivity contribution >= 4 is 5.78 Å². The third kappa shape index (κ3) is 4.11. The molecule has 0 aliphatic rings. The molecule has 0 amide bonds. The van der Waals surface area contributed by atoms with E-state index in [1.54, 1.807) is 36.4 Å². The van der Waals surface area contributed by atoms with Gasteiger partial charge in [-0.2, -0.15) is 0 Å². The highest BCUT2D eigenvalue weighted by Crippen LogP contribution is 2.25. The van der Waals surface area contributed by atoms with Crippen molar-refractivity contribution in [3.63, 3.8) is 0 Å². The van der Waals surface area contributed by atoms with Crippen molar-refractivity contribution in [1.29, 1.82) is 0 Å². The predicted octanol–water partition coefficient (Wildman–Crippen LogP) is 3.22. The fraction of sp³-hybridized carbons (Fsp3) is 0.100. The first-order valence-corrected chi connectivity index (χ1v) is 7.91. The Morgan fingerprint density at radius 1 is 1.00 bits per heavy atom. The highest BCUT2D eigenvalue weighted by atomic mass is 19.1. The lowest BCUT2D eigenvalue weighted by Gasteiger charge is -2.09. The van der Waals surface area contributed by atoms with Crippen LogP contribution in [0.2, 0.25) is 0 Å². The molecule has 0 spiro atoms. The lowest BCUT2D eigenvalue weighted by molar-refractivity contribution is 0.0582. The summed E-state index contributed by atoms with van der Waals surface area (Å²) in [6, 6.07) is 17.6. The third-order valence-electron chi connectivity index (χ3n) is 3.68. The first kappa shape index (κ1) is 17.7. The van der Waals surface area contributed by atoms with E-state index < -0.39 is 18.5 Å². The molecule has 132 valence electrons. The number of nitrogens with zero attached hydrogens (tertiary/aromatic N) is 1. The van der Waals surface area contributed by atoms with Crippen molar-refractivity contribution in [2.24, 2.45) is 0 Å². The molecular weight excluding hydrogens is 337 g/mol. The minimum absolute atomic E-state index is 0.0793. The van der Waals surface area contributed by atoms with Gasteiger partial charge in [0.2, 0.25) is 5.78 Å². The van der Waals surface area contributed by atoms with Crippen LogP contribution in [0.4, 0.5) is 4.39 Å². The van der Waals surface area contributed by atoms with Gasteiger partial charge in [-0.1, -0.05) is 6.07 Å². The van der Waals surface area contributed by atoms with E-state index in [1.165, 1.54) is 30.3 Å².